The van der Waals surface area contributed by atoms with E-state index >= 15 is 0 Å². The van der Waals surface area contributed by atoms with Gasteiger partial charge in [0.15, 0.2) is 5.75 Å². The van der Waals surface area contributed by atoms with E-state index in [1.165, 1.54) is 6.07 Å². The number of fused-ring (bicyclic) bond motifs is 1. The van der Waals surface area contributed by atoms with E-state index < -0.39 is 4.92 Å². The normalized spacial score (nSPS) is 11.0. The van der Waals surface area contributed by atoms with E-state index in [0.29, 0.717) is 48.8 Å². The highest BCUT2D eigenvalue weighted by atomic mass is 16.6. The highest BCUT2D eigenvalue weighted by molar-refractivity contribution is 5.71. The fourth-order valence-electron chi connectivity index (χ4n) is 3.36. The predicted molar refractivity (Wildman–Crippen MR) is 119 cm³/mol. The maximum Gasteiger partial charge on any atom is 0.311 e. The first-order valence-electron chi connectivity index (χ1n) is 9.60. The predicted octanol–water partition coefficient (Wildman–Crippen LogP) is 4.06. The van der Waals surface area contributed by atoms with Crippen LogP contribution in [0.4, 0.5) is 11.4 Å². The standard InChI is InChI=1S/C22H25N5O3/c1-4-11-25(12-5-2)15-19-22(24-21-10-8-17(23)14-26(19)21)16-7-9-20(30-6-3)18(13-16)27(28)29/h4-5,7-10,13-14H,1-2,6,11-12,15,23H2,3H3. The van der Waals surface area contributed by atoms with Gasteiger partial charge in [-0.1, -0.05) is 12.2 Å². The molecule has 0 saturated carbocycles. The molecule has 156 valence electrons. The molecule has 0 fully saturated rings. The third-order valence-corrected chi connectivity index (χ3v) is 4.62. The fraction of sp³-hybridized carbons (Fsp3) is 0.227. The Balaban J connectivity index is 2.17. The van der Waals surface area contributed by atoms with Crippen LogP contribution in [0.2, 0.25) is 0 Å². The molecule has 0 spiro atoms. The minimum absolute atomic E-state index is 0.0918. The van der Waals surface area contributed by atoms with Crippen LogP contribution in [0.15, 0.2) is 61.8 Å². The van der Waals surface area contributed by atoms with Crippen LogP contribution in [0, 0.1) is 10.1 Å². The van der Waals surface area contributed by atoms with Gasteiger partial charge in [-0.25, -0.2) is 4.98 Å². The Hall–Kier alpha value is -3.65. The molecule has 0 radical (unpaired) electrons. The molecule has 0 unspecified atom stereocenters. The number of hydrogen-bond donors (Lipinski definition) is 1. The van der Waals surface area contributed by atoms with Gasteiger partial charge in [0.25, 0.3) is 0 Å². The maximum absolute atomic E-state index is 11.6. The second-order valence-electron chi connectivity index (χ2n) is 6.74. The number of pyridine rings is 1. The van der Waals surface area contributed by atoms with Crippen LogP contribution >= 0.6 is 0 Å². The highest BCUT2D eigenvalue weighted by Gasteiger charge is 2.21. The van der Waals surface area contributed by atoms with Gasteiger partial charge in [0.05, 0.1) is 22.9 Å². The third-order valence-electron chi connectivity index (χ3n) is 4.62. The number of anilines is 1. The van der Waals surface area contributed by atoms with Crippen molar-refractivity contribution in [2.45, 2.75) is 13.5 Å². The van der Waals surface area contributed by atoms with E-state index in [1.807, 2.05) is 28.8 Å². The summed E-state index contributed by atoms with van der Waals surface area (Å²) < 4.78 is 7.33. The number of rotatable bonds is 10. The topological polar surface area (TPSA) is 98.9 Å². The molecule has 3 aromatic rings. The van der Waals surface area contributed by atoms with Crippen molar-refractivity contribution < 1.29 is 9.66 Å². The first kappa shape index (κ1) is 21.1. The lowest BCUT2D eigenvalue weighted by Gasteiger charge is -2.19. The lowest BCUT2D eigenvalue weighted by Crippen LogP contribution is -2.24. The number of ether oxygens (including phenoxy) is 1. The number of nitrogens with two attached hydrogens (primary N) is 1. The minimum atomic E-state index is -0.441. The van der Waals surface area contributed by atoms with Crippen LogP contribution in [0.25, 0.3) is 16.9 Å². The first-order chi connectivity index (χ1) is 14.5. The Morgan fingerprint density at radius 2 is 2.00 bits per heavy atom. The van der Waals surface area contributed by atoms with Gasteiger partial charge in [-0.2, -0.15) is 0 Å². The van der Waals surface area contributed by atoms with Gasteiger partial charge in [0.2, 0.25) is 0 Å². The van der Waals surface area contributed by atoms with Crippen LogP contribution in [0.3, 0.4) is 0 Å². The zero-order valence-electron chi connectivity index (χ0n) is 17.0. The largest absolute Gasteiger partial charge is 0.487 e. The number of aromatic nitrogens is 2. The number of nitrogens with zero attached hydrogens (tertiary/aromatic N) is 4. The average molecular weight is 407 g/mol. The average Bonchev–Trinajstić information content (AvgIpc) is 3.06. The second-order valence-corrected chi connectivity index (χ2v) is 6.74. The second kappa shape index (κ2) is 9.23. The Kier molecular flexibility index (Phi) is 6.48. The molecule has 2 N–H and O–H groups in total. The van der Waals surface area contributed by atoms with E-state index in [0.717, 1.165) is 5.69 Å². The molecule has 0 saturated heterocycles. The van der Waals surface area contributed by atoms with E-state index in [4.69, 9.17) is 15.5 Å². The first-order valence-corrected chi connectivity index (χ1v) is 9.60. The van der Waals surface area contributed by atoms with Crippen LogP contribution in [-0.4, -0.2) is 38.9 Å². The molecule has 3 rings (SSSR count). The molecular weight excluding hydrogens is 382 g/mol. The SMILES string of the molecule is C=CCN(CC=C)Cc1c(-c2ccc(OCC)c([N+](=O)[O-])c2)nc2ccc(N)cn12. The Bertz CT molecular complexity index is 1080. The zero-order chi connectivity index (χ0) is 21.7. The van der Waals surface area contributed by atoms with Gasteiger partial charge in [-0.05, 0) is 31.2 Å². The number of nitro groups is 1. The molecule has 0 amide bonds. The van der Waals surface area contributed by atoms with Crippen LogP contribution in [0.5, 0.6) is 5.75 Å². The lowest BCUT2D eigenvalue weighted by molar-refractivity contribution is -0.385. The molecular formula is C22H25N5O3. The molecule has 0 aliphatic rings. The van der Waals surface area contributed by atoms with Crippen molar-refractivity contribution in [3.63, 3.8) is 0 Å². The van der Waals surface area contributed by atoms with Crippen molar-refractivity contribution in [1.29, 1.82) is 0 Å². The van der Waals surface area contributed by atoms with Crippen molar-refractivity contribution in [3.8, 4) is 17.0 Å². The Morgan fingerprint density at radius 1 is 1.27 bits per heavy atom. The summed E-state index contributed by atoms with van der Waals surface area (Å²) in [7, 11) is 0. The molecule has 0 atom stereocenters. The number of hydrogen-bond acceptors (Lipinski definition) is 6. The molecule has 8 nitrogen and oxygen atoms in total. The fourth-order valence-corrected chi connectivity index (χ4v) is 3.36. The molecule has 2 heterocycles. The van der Waals surface area contributed by atoms with Crippen LogP contribution < -0.4 is 10.5 Å². The van der Waals surface area contributed by atoms with Crippen molar-refractivity contribution in [1.82, 2.24) is 14.3 Å². The summed E-state index contributed by atoms with van der Waals surface area (Å²) in [4.78, 5) is 18.0. The number of benzene rings is 1. The summed E-state index contributed by atoms with van der Waals surface area (Å²) in [5.74, 6) is 0.237. The van der Waals surface area contributed by atoms with E-state index in [-0.39, 0.29) is 11.4 Å². The van der Waals surface area contributed by atoms with Crippen molar-refractivity contribution in [2.24, 2.45) is 0 Å². The Morgan fingerprint density at radius 3 is 2.63 bits per heavy atom. The zero-order valence-corrected chi connectivity index (χ0v) is 17.0. The van der Waals surface area contributed by atoms with Gasteiger partial charge in [-0.15, -0.1) is 13.2 Å². The highest BCUT2D eigenvalue weighted by Crippen LogP contribution is 2.34. The summed E-state index contributed by atoms with van der Waals surface area (Å²) in [6, 6.07) is 8.52. The molecule has 0 aliphatic heterocycles. The van der Waals surface area contributed by atoms with E-state index in [9.17, 15) is 10.1 Å². The molecule has 1 aromatic carbocycles. The summed E-state index contributed by atoms with van der Waals surface area (Å²) in [6.07, 6.45) is 5.45. The van der Waals surface area contributed by atoms with E-state index in [1.54, 1.807) is 25.1 Å². The smallest absolute Gasteiger partial charge is 0.311 e. The Labute approximate surface area is 175 Å². The lowest BCUT2D eigenvalue weighted by atomic mass is 10.1. The number of nitro benzene ring substituents is 1. The summed E-state index contributed by atoms with van der Waals surface area (Å²) in [6.45, 7) is 11.6. The quantitative estimate of drug-likeness (QED) is 0.309. The van der Waals surface area contributed by atoms with Crippen molar-refractivity contribution in [2.75, 3.05) is 25.4 Å². The minimum Gasteiger partial charge on any atom is -0.487 e. The van der Waals surface area contributed by atoms with Crippen LogP contribution in [0.1, 0.15) is 12.6 Å². The molecule has 0 bridgehead atoms. The summed E-state index contributed by atoms with van der Waals surface area (Å²) in [5.41, 5.74) is 9.40. The third kappa shape index (κ3) is 4.33. The molecule has 2 aromatic heterocycles. The molecule has 8 heteroatoms. The summed E-state index contributed by atoms with van der Waals surface area (Å²) >= 11 is 0. The van der Waals surface area contributed by atoms with Gasteiger partial charge in [0.1, 0.15) is 5.65 Å². The van der Waals surface area contributed by atoms with Gasteiger partial charge >= 0.3 is 5.69 Å². The van der Waals surface area contributed by atoms with Gasteiger partial charge in [0, 0.05) is 43.1 Å². The van der Waals surface area contributed by atoms with Crippen molar-refractivity contribution in [3.05, 3.63) is 77.6 Å². The van der Waals surface area contributed by atoms with Crippen LogP contribution in [-0.2, 0) is 6.54 Å². The van der Waals surface area contributed by atoms with E-state index in [2.05, 4.69) is 18.1 Å². The summed E-state index contributed by atoms with van der Waals surface area (Å²) in [5, 5.41) is 11.6. The number of imidazole rings is 1. The maximum atomic E-state index is 11.6. The molecule has 0 aliphatic carbocycles. The number of nitrogen functional groups attached to an aromatic ring is 1. The monoisotopic (exact) mass is 407 g/mol. The van der Waals surface area contributed by atoms with Gasteiger partial charge in [-0.3, -0.25) is 15.0 Å². The molecule has 30 heavy (non-hydrogen) atoms. The van der Waals surface area contributed by atoms with Gasteiger partial charge < -0.3 is 14.9 Å². The van der Waals surface area contributed by atoms with Crippen molar-refractivity contribution >= 4 is 17.0 Å².